The average molecular weight is 859 g/mol. The molecule has 0 amide bonds. The molecule has 0 aromatic rings. The molecular formula is C50H98O10. The van der Waals surface area contributed by atoms with Gasteiger partial charge in [0, 0.05) is 12.8 Å². The zero-order chi connectivity index (χ0) is 43.3. The highest BCUT2D eigenvalue weighted by Crippen LogP contribution is 2.15. The fraction of sp³-hybridized carbons (Fsp3) is 0.960. The number of unbranched alkanes of at least 4 members (excludes halogenated alkanes) is 28. The second kappa shape index (κ2) is 53.8. The maximum Gasteiger partial charge on any atom is 0.305 e. The third kappa shape index (κ3) is 52.8. The van der Waals surface area contributed by atoms with Crippen LogP contribution in [-0.4, -0.2) is 104 Å². The van der Waals surface area contributed by atoms with Crippen molar-refractivity contribution >= 4 is 11.9 Å². The lowest BCUT2D eigenvalue weighted by atomic mass is 10.0. The van der Waals surface area contributed by atoms with Crippen LogP contribution in [0.15, 0.2) is 0 Å². The molecular weight excluding hydrogens is 761 g/mol. The minimum Gasteiger partial charge on any atom is -0.463 e. The van der Waals surface area contributed by atoms with E-state index < -0.39 is 0 Å². The van der Waals surface area contributed by atoms with Crippen molar-refractivity contribution in [3.8, 4) is 0 Å². The molecule has 358 valence electrons. The highest BCUT2D eigenvalue weighted by atomic mass is 16.6. The normalized spacial score (nSPS) is 11.4. The molecule has 0 atom stereocenters. The first-order valence-corrected chi connectivity index (χ1v) is 25.5. The van der Waals surface area contributed by atoms with Crippen molar-refractivity contribution in [1.82, 2.24) is 0 Å². The van der Waals surface area contributed by atoms with Gasteiger partial charge in [0.2, 0.25) is 0 Å². The standard InChI is InChI=1S/C50H98O10/c1-3-5-7-9-11-13-15-17-19-21-23-25-27-29-31-33-49(51)59-47-45-57-43-41-55-39-37-53-35-36-54-38-40-56-42-44-58-46-48-60-50(52)34-32-30-28-26-24-22-20-18-16-14-12-10-8-6-4-2/h3-48H2,1-2H3. The molecule has 0 rings (SSSR count). The van der Waals surface area contributed by atoms with E-state index in [-0.39, 0.29) is 25.2 Å². The largest absolute Gasteiger partial charge is 0.463 e. The smallest absolute Gasteiger partial charge is 0.305 e. The van der Waals surface area contributed by atoms with Crippen LogP contribution in [0.5, 0.6) is 0 Å². The maximum absolute atomic E-state index is 11.9. The third-order valence-electron chi connectivity index (χ3n) is 10.8. The summed E-state index contributed by atoms with van der Waals surface area (Å²) in [5.41, 5.74) is 0. The molecule has 0 unspecified atom stereocenters. The van der Waals surface area contributed by atoms with Crippen molar-refractivity contribution in [1.29, 1.82) is 0 Å². The number of hydrogen-bond donors (Lipinski definition) is 0. The Kier molecular flexibility index (Phi) is 52.7. The molecule has 10 nitrogen and oxygen atoms in total. The second-order valence-corrected chi connectivity index (χ2v) is 16.5. The van der Waals surface area contributed by atoms with E-state index in [0.29, 0.717) is 92.1 Å². The van der Waals surface area contributed by atoms with Gasteiger partial charge in [0.15, 0.2) is 0 Å². The molecule has 0 aliphatic heterocycles. The molecule has 0 N–H and O–H groups in total. The zero-order valence-electron chi connectivity index (χ0n) is 39.6. The van der Waals surface area contributed by atoms with Gasteiger partial charge in [-0.2, -0.15) is 0 Å². The van der Waals surface area contributed by atoms with Gasteiger partial charge in [-0.1, -0.05) is 194 Å². The quantitative estimate of drug-likeness (QED) is 0.0433. The Morgan fingerprint density at radius 2 is 0.400 bits per heavy atom. The van der Waals surface area contributed by atoms with Crippen LogP contribution < -0.4 is 0 Å². The van der Waals surface area contributed by atoms with E-state index in [2.05, 4.69) is 13.8 Å². The minimum atomic E-state index is -0.129. The van der Waals surface area contributed by atoms with Crippen LogP contribution in [-0.2, 0) is 47.5 Å². The lowest BCUT2D eigenvalue weighted by Crippen LogP contribution is -2.15. The number of ether oxygens (including phenoxy) is 8. The Morgan fingerprint density at radius 1 is 0.233 bits per heavy atom. The summed E-state index contributed by atoms with van der Waals surface area (Å²) < 4.78 is 43.6. The highest BCUT2D eigenvalue weighted by Gasteiger charge is 2.05. The number of rotatable bonds is 53. The van der Waals surface area contributed by atoms with Gasteiger partial charge in [-0.15, -0.1) is 0 Å². The highest BCUT2D eigenvalue weighted by molar-refractivity contribution is 5.69. The van der Waals surface area contributed by atoms with E-state index >= 15 is 0 Å². The Bertz CT molecular complexity index is 763. The fourth-order valence-corrected chi connectivity index (χ4v) is 7.06. The first-order chi connectivity index (χ1) is 29.7. The Hall–Kier alpha value is -1.30. The van der Waals surface area contributed by atoms with Crippen LogP contribution >= 0.6 is 0 Å². The van der Waals surface area contributed by atoms with Crippen LogP contribution in [0.25, 0.3) is 0 Å². The topological polar surface area (TPSA) is 108 Å². The lowest BCUT2D eigenvalue weighted by molar-refractivity contribution is -0.146. The Morgan fingerprint density at radius 3 is 0.600 bits per heavy atom. The zero-order valence-corrected chi connectivity index (χ0v) is 39.6. The van der Waals surface area contributed by atoms with E-state index in [1.54, 1.807) is 0 Å². The molecule has 0 spiro atoms. The third-order valence-corrected chi connectivity index (χ3v) is 10.8. The van der Waals surface area contributed by atoms with Gasteiger partial charge in [-0.25, -0.2) is 0 Å². The van der Waals surface area contributed by atoms with Gasteiger partial charge in [0.05, 0.1) is 79.3 Å². The molecule has 0 heterocycles. The van der Waals surface area contributed by atoms with E-state index in [0.717, 1.165) is 25.7 Å². The molecule has 0 aromatic heterocycles. The number of esters is 2. The van der Waals surface area contributed by atoms with Gasteiger partial charge >= 0.3 is 11.9 Å². The van der Waals surface area contributed by atoms with E-state index in [4.69, 9.17) is 37.9 Å². The maximum atomic E-state index is 11.9. The first-order valence-electron chi connectivity index (χ1n) is 25.5. The van der Waals surface area contributed by atoms with Crippen LogP contribution in [0, 0.1) is 0 Å². The van der Waals surface area contributed by atoms with Crippen molar-refractivity contribution in [2.24, 2.45) is 0 Å². The van der Waals surface area contributed by atoms with Crippen LogP contribution in [0.3, 0.4) is 0 Å². The Balaban J connectivity index is 3.19. The summed E-state index contributed by atoms with van der Waals surface area (Å²) in [4.78, 5) is 23.8. The van der Waals surface area contributed by atoms with Gasteiger partial charge in [-0.05, 0) is 12.8 Å². The molecule has 0 aromatic carbocycles. The summed E-state index contributed by atoms with van der Waals surface area (Å²) in [6.07, 6.45) is 40.5. The fourth-order valence-electron chi connectivity index (χ4n) is 7.06. The molecule has 0 saturated carbocycles. The van der Waals surface area contributed by atoms with E-state index in [1.165, 1.54) is 167 Å². The van der Waals surface area contributed by atoms with Gasteiger partial charge in [0.1, 0.15) is 13.2 Å². The Labute approximate surface area is 370 Å². The van der Waals surface area contributed by atoms with Crippen molar-refractivity contribution in [3.63, 3.8) is 0 Å². The number of hydrogen-bond acceptors (Lipinski definition) is 10. The molecule has 0 saturated heterocycles. The summed E-state index contributed by atoms with van der Waals surface area (Å²) >= 11 is 0. The molecule has 0 aliphatic rings. The molecule has 0 bridgehead atoms. The van der Waals surface area contributed by atoms with Crippen molar-refractivity contribution in [2.75, 3.05) is 92.5 Å². The van der Waals surface area contributed by atoms with Crippen molar-refractivity contribution < 1.29 is 47.5 Å². The monoisotopic (exact) mass is 859 g/mol. The van der Waals surface area contributed by atoms with E-state index in [9.17, 15) is 9.59 Å². The van der Waals surface area contributed by atoms with Gasteiger partial charge in [-0.3, -0.25) is 9.59 Å². The van der Waals surface area contributed by atoms with E-state index in [1.807, 2.05) is 0 Å². The summed E-state index contributed by atoms with van der Waals surface area (Å²) in [7, 11) is 0. The van der Waals surface area contributed by atoms with Crippen molar-refractivity contribution in [2.45, 2.75) is 219 Å². The summed E-state index contributed by atoms with van der Waals surface area (Å²) in [6.45, 7) is 10.7. The summed E-state index contributed by atoms with van der Waals surface area (Å²) in [6, 6.07) is 0. The predicted octanol–water partition coefficient (Wildman–Crippen LogP) is 12.7. The molecule has 60 heavy (non-hydrogen) atoms. The molecule has 10 heteroatoms. The minimum absolute atomic E-state index is 0.129. The summed E-state index contributed by atoms with van der Waals surface area (Å²) in [5, 5.41) is 0. The second-order valence-electron chi connectivity index (χ2n) is 16.5. The lowest BCUT2D eigenvalue weighted by Gasteiger charge is -2.09. The molecule has 0 radical (unpaired) electrons. The van der Waals surface area contributed by atoms with Crippen LogP contribution in [0.2, 0.25) is 0 Å². The first kappa shape index (κ1) is 58.7. The van der Waals surface area contributed by atoms with Crippen molar-refractivity contribution in [3.05, 3.63) is 0 Å². The summed E-state index contributed by atoms with van der Waals surface area (Å²) in [5.74, 6) is -0.258. The van der Waals surface area contributed by atoms with Crippen LogP contribution in [0.4, 0.5) is 0 Å². The predicted molar refractivity (Wildman–Crippen MR) is 246 cm³/mol. The molecule has 0 aliphatic carbocycles. The number of carbonyl (C=O) groups is 2. The average Bonchev–Trinajstić information content (AvgIpc) is 3.25. The number of carbonyl (C=O) groups excluding carboxylic acids is 2. The molecule has 0 fully saturated rings. The SMILES string of the molecule is CCCCCCCCCCCCCCCCCC(=O)OCCOCCOCCOCCOCCOCCOCCOC(=O)CCCCCCCCCCCCCCCCC. The van der Waals surface area contributed by atoms with Gasteiger partial charge < -0.3 is 37.9 Å². The van der Waals surface area contributed by atoms with Crippen LogP contribution in [0.1, 0.15) is 219 Å². The van der Waals surface area contributed by atoms with Gasteiger partial charge in [0.25, 0.3) is 0 Å².